The number of phenols is 4. The average Bonchev–Trinajstić information content (AvgIpc) is 2.58. The number of ether oxygens (including phenoxy) is 1. The van der Waals surface area contributed by atoms with E-state index in [1.54, 1.807) is 0 Å². The first kappa shape index (κ1) is 16.5. The number of benzene rings is 2. The van der Waals surface area contributed by atoms with Crippen molar-refractivity contribution in [3.05, 3.63) is 34.0 Å². The molecule has 4 rings (SSSR count). The predicted molar refractivity (Wildman–Crippen MR) is 90.6 cm³/mol. The second-order valence-corrected chi connectivity index (χ2v) is 6.30. The largest absolute Gasteiger partial charge is 0.507 e. The van der Waals surface area contributed by atoms with Gasteiger partial charge in [0.2, 0.25) is 5.43 Å². The summed E-state index contributed by atoms with van der Waals surface area (Å²) in [6.45, 7) is 0.345. The van der Waals surface area contributed by atoms with Gasteiger partial charge in [-0.1, -0.05) is 0 Å². The lowest BCUT2D eigenvalue weighted by atomic mass is 9.95. The van der Waals surface area contributed by atoms with Crippen LogP contribution in [0.5, 0.6) is 23.0 Å². The summed E-state index contributed by atoms with van der Waals surface area (Å²) in [5, 5.41) is 50.1. The SMILES string of the molecule is O=c1c2cc(O)c(O)cc2oc2cc(O)c([C@@H]3OCCCC3O)c(O)c12. The van der Waals surface area contributed by atoms with E-state index >= 15 is 0 Å². The van der Waals surface area contributed by atoms with Gasteiger partial charge >= 0.3 is 0 Å². The number of aromatic hydroxyl groups is 4. The molecule has 1 fully saturated rings. The summed E-state index contributed by atoms with van der Waals surface area (Å²) in [6.07, 6.45) is -0.841. The molecule has 8 heteroatoms. The molecule has 1 aliphatic rings. The van der Waals surface area contributed by atoms with Crippen molar-refractivity contribution in [2.45, 2.75) is 25.0 Å². The molecular formula is C18H16O8. The Bertz CT molecular complexity index is 1080. The molecule has 136 valence electrons. The number of aliphatic hydroxyl groups excluding tert-OH is 1. The van der Waals surface area contributed by atoms with E-state index in [-0.39, 0.29) is 33.3 Å². The molecule has 1 aliphatic heterocycles. The molecule has 0 bridgehead atoms. The van der Waals surface area contributed by atoms with Crippen molar-refractivity contribution in [3.8, 4) is 23.0 Å². The van der Waals surface area contributed by atoms with Crippen LogP contribution in [0.1, 0.15) is 24.5 Å². The van der Waals surface area contributed by atoms with Crippen LogP contribution >= 0.6 is 0 Å². The van der Waals surface area contributed by atoms with E-state index in [0.29, 0.717) is 19.4 Å². The van der Waals surface area contributed by atoms with Crippen molar-refractivity contribution < 1.29 is 34.7 Å². The highest BCUT2D eigenvalue weighted by Crippen LogP contribution is 2.43. The molecule has 0 saturated carbocycles. The van der Waals surface area contributed by atoms with Gasteiger partial charge in [0.15, 0.2) is 11.5 Å². The second kappa shape index (κ2) is 5.79. The molecule has 1 saturated heterocycles. The van der Waals surface area contributed by atoms with E-state index in [4.69, 9.17) is 9.15 Å². The van der Waals surface area contributed by atoms with E-state index in [9.17, 15) is 30.3 Å². The number of fused-ring (bicyclic) bond motifs is 2. The van der Waals surface area contributed by atoms with Gasteiger partial charge in [-0.3, -0.25) is 4.79 Å². The molecule has 2 aromatic carbocycles. The highest BCUT2D eigenvalue weighted by molar-refractivity contribution is 5.95. The van der Waals surface area contributed by atoms with Gasteiger partial charge in [0.25, 0.3) is 0 Å². The smallest absolute Gasteiger partial charge is 0.204 e. The second-order valence-electron chi connectivity index (χ2n) is 6.30. The van der Waals surface area contributed by atoms with Crippen LogP contribution in [0.3, 0.4) is 0 Å². The number of aliphatic hydroxyl groups is 1. The molecule has 0 spiro atoms. The molecule has 1 unspecified atom stereocenters. The Hall–Kier alpha value is -2.97. The van der Waals surface area contributed by atoms with Gasteiger partial charge in [-0.15, -0.1) is 0 Å². The first-order valence-electron chi connectivity index (χ1n) is 8.05. The number of hydrogen-bond acceptors (Lipinski definition) is 8. The van der Waals surface area contributed by atoms with Crippen LogP contribution in [0, 0.1) is 0 Å². The zero-order chi connectivity index (χ0) is 18.6. The van der Waals surface area contributed by atoms with Crippen LogP contribution in [0.15, 0.2) is 27.4 Å². The van der Waals surface area contributed by atoms with E-state index in [0.717, 1.165) is 18.2 Å². The van der Waals surface area contributed by atoms with Crippen LogP contribution in [0.2, 0.25) is 0 Å². The van der Waals surface area contributed by atoms with E-state index in [1.165, 1.54) is 0 Å². The Balaban J connectivity index is 2.05. The summed E-state index contributed by atoms with van der Waals surface area (Å²) in [6, 6.07) is 3.26. The predicted octanol–water partition coefficient (Wildman–Crippen LogP) is 1.98. The zero-order valence-corrected chi connectivity index (χ0v) is 13.5. The number of phenolic OH excluding ortho intramolecular Hbond substituents is 4. The molecule has 5 N–H and O–H groups in total. The Morgan fingerprint density at radius 3 is 2.38 bits per heavy atom. The summed E-state index contributed by atoms with van der Waals surface area (Å²) in [5.74, 6) is -1.90. The van der Waals surface area contributed by atoms with Gasteiger partial charge in [-0.05, 0) is 18.9 Å². The third kappa shape index (κ3) is 2.34. The first-order chi connectivity index (χ1) is 12.4. The molecule has 3 aromatic rings. The van der Waals surface area contributed by atoms with Gasteiger partial charge in [-0.2, -0.15) is 0 Å². The highest BCUT2D eigenvalue weighted by Gasteiger charge is 2.32. The summed E-state index contributed by atoms with van der Waals surface area (Å²) >= 11 is 0. The van der Waals surface area contributed by atoms with Crippen LogP contribution in [0.4, 0.5) is 0 Å². The topological polar surface area (TPSA) is 141 Å². The van der Waals surface area contributed by atoms with Gasteiger partial charge in [0.1, 0.15) is 34.2 Å². The zero-order valence-electron chi connectivity index (χ0n) is 13.5. The minimum absolute atomic E-state index is 0.0155. The maximum Gasteiger partial charge on any atom is 0.204 e. The Morgan fingerprint density at radius 2 is 1.65 bits per heavy atom. The fourth-order valence-electron chi connectivity index (χ4n) is 3.34. The molecule has 0 radical (unpaired) electrons. The number of rotatable bonds is 1. The van der Waals surface area contributed by atoms with Crippen LogP contribution in [-0.4, -0.2) is 38.2 Å². The quantitative estimate of drug-likeness (QED) is 0.328. The van der Waals surface area contributed by atoms with Crippen molar-refractivity contribution in [2.24, 2.45) is 0 Å². The lowest BCUT2D eigenvalue weighted by Gasteiger charge is -2.29. The van der Waals surface area contributed by atoms with Crippen molar-refractivity contribution in [2.75, 3.05) is 6.61 Å². The summed E-state index contributed by atoms with van der Waals surface area (Å²) in [5.41, 5.74) is -0.852. The third-order valence-corrected chi connectivity index (χ3v) is 4.63. The van der Waals surface area contributed by atoms with E-state index in [2.05, 4.69) is 0 Å². The first-order valence-corrected chi connectivity index (χ1v) is 8.05. The number of hydrogen-bond donors (Lipinski definition) is 5. The lowest BCUT2D eigenvalue weighted by Crippen LogP contribution is -2.27. The molecule has 2 atom stereocenters. The van der Waals surface area contributed by atoms with E-state index < -0.39 is 34.9 Å². The fraction of sp³-hybridized carbons (Fsp3) is 0.278. The normalized spacial score (nSPS) is 20.7. The van der Waals surface area contributed by atoms with Gasteiger partial charge in [0, 0.05) is 18.7 Å². The van der Waals surface area contributed by atoms with Gasteiger partial charge in [-0.25, -0.2) is 0 Å². The van der Waals surface area contributed by atoms with Crippen molar-refractivity contribution in [1.82, 2.24) is 0 Å². The Kier molecular flexibility index (Phi) is 3.67. The van der Waals surface area contributed by atoms with E-state index in [1.807, 2.05) is 0 Å². The van der Waals surface area contributed by atoms with Crippen molar-refractivity contribution >= 4 is 21.9 Å². The molecule has 0 amide bonds. The van der Waals surface area contributed by atoms with Crippen molar-refractivity contribution in [3.63, 3.8) is 0 Å². The Morgan fingerprint density at radius 1 is 0.962 bits per heavy atom. The van der Waals surface area contributed by atoms with Crippen LogP contribution < -0.4 is 5.43 Å². The molecule has 8 nitrogen and oxygen atoms in total. The molecule has 26 heavy (non-hydrogen) atoms. The summed E-state index contributed by atoms with van der Waals surface area (Å²) in [7, 11) is 0. The third-order valence-electron chi connectivity index (χ3n) is 4.63. The van der Waals surface area contributed by atoms with Crippen LogP contribution in [0.25, 0.3) is 21.9 Å². The molecule has 2 heterocycles. The molecule has 1 aromatic heterocycles. The monoisotopic (exact) mass is 360 g/mol. The molecular weight excluding hydrogens is 344 g/mol. The minimum Gasteiger partial charge on any atom is -0.507 e. The average molecular weight is 360 g/mol. The maximum atomic E-state index is 12.8. The van der Waals surface area contributed by atoms with Gasteiger partial charge < -0.3 is 34.7 Å². The Labute approximate surface area is 146 Å². The highest BCUT2D eigenvalue weighted by atomic mass is 16.5. The minimum atomic E-state index is -0.975. The lowest BCUT2D eigenvalue weighted by molar-refractivity contribution is -0.0774. The maximum absolute atomic E-state index is 12.8. The molecule has 0 aliphatic carbocycles. The summed E-state index contributed by atoms with van der Waals surface area (Å²) < 4.78 is 11.0. The van der Waals surface area contributed by atoms with Crippen molar-refractivity contribution in [1.29, 1.82) is 0 Å². The fourth-order valence-corrected chi connectivity index (χ4v) is 3.34. The summed E-state index contributed by atoms with van der Waals surface area (Å²) in [4.78, 5) is 12.8. The van der Waals surface area contributed by atoms with Crippen LogP contribution in [-0.2, 0) is 4.74 Å². The standard InChI is InChI=1S/C18H16O8/c19-8-2-1-3-25-18(8)14-11(22)6-13-15(17(14)24)16(23)7-4-9(20)10(21)5-12(7)26-13/h4-6,8,18-22,24H,1-3H2/t8?,18-/m1/s1. The van der Waals surface area contributed by atoms with Gasteiger partial charge in [0.05, 0.1) is 17.1 Å².